The number of azide groups is 1. The van der Waals surface area contributed by atoms with Gasteiger partial charge < -0.3 is 0 Å². The largest absolute Gasteiger partial charge is 0.299 e. The molecular weight excluding hydrogens is 174 g/mol. The maximum Gasteiger partial charge on any atom is 0.149 e. The van der Waals surface area contributed by atoms with Crippen molar-refractivity contribution < 1.29 is 4.79 Å². The first-order valence-corrected chi connectivity index (χ1v) is 3.02. The Morgan fingerprint density at radius 1 is 1.88 bits per heavy atom. The third-order valence-electron chi connectivity index (χ3n) is 0.459. The summed E-state index contributed by atoms with van der Waals surface area (Å²) in [6.07, 6.45) is 0. The Labute approximate surface area is 54.6 Å². The summed E-state index contributed by atoms with van der Waals surface area (Å²) in [5, 5.41) is 3.30. The highest BCUT2D eigenvalue weighted by Crippen LogP contribution is 1.82. The molecule has 4 nitrogen and oxygen atoms in total. The lowest BCUT2D eigenvalue weighted by atomic mass is 10.5. The van der Waals surface area contributed by atoms with Crippen LogP contribution in [0.5, 0.6) is 0 Å². The molecule has 0 heterocycles. The molecule has 0 unspecified atom stereocenters. The molecule has 0 aromatic heterocycles. The van der Waals surface area contributed by atoms with E-state index in [1.54, 1.807) is 0 Å². The first kappa shape index (κ1) is 7.46. The van der Waals surface area contributed by atoms with Crippen LogP contribution in [0.3, 0.4) is 0 Å². The van der Waals surface area contributed by atoms with Gasteiger partial charge in [0.1, 0.15) is 5.78 Å². The molecule has 0 aromatic carbocycles. The molecule has 0 bridgehead atoms. The van der Waals surface area contributed by atoms with E-state index in [4.69, 9.17) is 5.53 Å². The van der Waals surface area contributed by atoms with Crippen molar-refractivity contribution in [2.45, 2.75) is 0 Å². The second kappa shape index (κ2) is 4.61. The number of Topliss-reactive ketones (excluding diaryl/α,β-unsaturated/α-hetero) is 1. The zero-order chi connectivity index (χ0) is 6.41. The molecular formula is C3H4BrN3O. The molecule has 0 N–H and O–H groups in total. The van der Waals surface area contributed by atoms with Crippen molar-refractivity contribution in [2.24, 2.45) is 5.11 Å². The number of carbonyl (C=O) groups is 1. The van der Waals surface area contributed by atoms with Crippen LogP contribution >= 0.6 is 15.9 Å². The molecule has 8 heavy (non-hydrogen) atoms. The molecule has 5 heteroatoms. The van der Waals surface area contributed by atoms with Crippen molar-refractivity contribution in [1.82, 2.24) is 0 Å². The predicted molar refractivity (Wildman–Crippen MR) is 32.8 cm³/mol. The van der Waals surface area contributed by atoms with Crippen LogP contribution in [0.15, 0.2) is 5.11 Å². The Balaban J connectivity index is 3.39. The summed E-state index contributed by atoms with van der Waals surface area (Å²) in [6.45, 7) is -0.0538. The van der Waals surface area contributed by atoms with Crippen LogP contribution < -0.4 is 0 Å². The zero-order valence-electron chi connectivity index (χ0n) is 4.04. The highest BCUT2D eigenvalue weighted by atomic mass is 79.9. The van der Waals surface area contributed by atoms with Crippen molar-refractivity contribution in [3.63, 3.8) is 0 Å². The number of ketones is 1. The van der Waals surface area contributed by atoms with Crippen LogP contribution in [0.2, 0.25) is 0 Å². The minimum absolute atomic E-state index is 0.0538. The smallest absolute Gasteiger partial charge is 0.149 e. The van der Waals surface area contributed by atoms with Gasteiger partial charge in [-0.05, 0) is 5.53 Å². The molecule has 0 saturated heterocycles. The van der Waals surface area contributed by atoms with E-state index in [9.17, 15) is 4.79 Å². The third kappa shape index (κ3) is 3.64. The molecule has 0 atom stereocenters. The normalized spacial score (nSPS) is 7.62. The van der Waals surface area contributed by atoms with E-state index in [1.807, 2.05) is 0 Å². The van der Waals surface area contributed by atoms with Crippen LogP contribution in [0, 0.1) is 0 Å². The lowest BCUT2D eigenvalue weighted by molar-refractivity contribution is -0.115. The summed E-state index contributed by atoms with van der Waals surface area (Å²) in [7, 11) is 0. The van der Waals surface area contributed by atoms with E-state index >= 15 is 0 Å². The van der Waals surface area contributed by atoms with Crippen LogP contribution in [0.1, 0.15) is 0 Å². The van der Waals surface area contributed by atoms with Gasteiger partial charge in [-0.1, -0.05) is 21.0 Å². The molecule has 0 aliphatic heterocycles. The zero-order valence-corrected chi connectivity index (χ0v) is 5.63. The molecule has 0 rings (SSSR count). The number of halogens is 1. The summed E-state index contributed by atoms with van der Waals surface area (Å²) in [5.41, 5.74) is 7.70. The average molecular weight is 178 g/mol. The maximum absolute atomic E-state index is 10.3. The topological polar surface area (TPSA) is 65.8 Å². The van der Waals surface area contributed by atoms with E-state index in [-0.39, 0.29) is 17.7 Å². The first-order valence-electron chi connectivity index (χ1n) is 1.89. The van der Waals surface area contributed by atoms with Crippen LogP contribution in [0.4, 0.5) is 0 Å². The fourth-order valence-electron chi connectivity index (χ4n) is 0.153. The summed E-state index contributed by atoms with van der Waals surface area (Å²) in [6, 6.07) is 0. The monoisotopic (exact) mass is 177 g/mol. The van der Waals surface area contributed by atoms with E-state index in [0.717, 1.165) is 0 Å². The highest BCUT2D eigenvalue weighted by Gasteiger charge is 1.92. The molecule has 0 saturated carbocycles. The van der Waals surface area contributed by atoms with Gasteiger partial charge in [0, 0.05) is 4.91 Å². The quantitative estimate of drug-likeness (QED) is 0.277. The van der Waals surface area contributed by atoms with Crippen LogP contribution in [0.25, 0.3) is 10.4 Å². The second-order valence-corrected chi connectivity index (χ2v) is 1.62. The number of hydrogen-bond donors (Lipinski definition) is 0. The van der Waals surface area contributed by atoms with E-state index in [1.165, 1.54) is 0 Å². The molecule has 0 aliphatic carbocycles. The fraction of sp³-hybridized carbons (Fsp3) is 0.667. The summed E-state index contributed by atoms with van der Waals surface area (Å²) in [5.74, 6) is -0.109. The number of rotatable bonds is 3. The van der Waals surface area contributed by atoms with Crippen molar-refractivity contribution >= 4 is 21.7 Å². The molecule has 44 valence electrons. The van der Waals surface area contributed by atoms with Gasteiger partial charge in [0.25, 0.3) is 0 Å². The van der Waals surface area contributed by atoms with Gasteiger partial charge in [0.15, 0.2) is 0 Å². The molecule has 0 aliphatic rings. The van der Waals surface area contributed by atoms with Gasteiger partial charge >= 0.3 is 0 Å². The Morgan fingerprint density at radius 3 is 2.88 bits per heavy atom. The van der Waals surface area contributed by atoms with Crippen LogP contribution in [-0.4, -0.2) is 17.7 Å². The van der Waals surface area contributed by atoms with Crippen molar-refractivity contribution in [1.29, 1.82) is 0 Å². The lowest BCUT2D eigenvalue weighted by Crippen LogP contribution is -2.01. The minimum atomic E-state index is -0.109. The van der Waals surface area contributed by atoms with Gasteiger partial charge in [-0.3, -0.25) is 4.79 Å². The summed E-state index contributed by atoms with van der Waals surface area (Å²) in [4.78, 5) is 12.7. The Hall–Kier alpha value is -0.540. The minimum Gasteiger partial charge on any atom is -0.299 e. The number of carbonyl (C=O) groups excluding carboxylic acids is 1. The number of hydrogen-bond acceptors (Lipinski definition) is 2. The van der Waals surface area contributed by atoms with E-state index < -0.39 is 0 Å². The molecule has 0 amide bonds. The SMILES string of the molecule is [N-]=[N+]=NCC(=O)CBr. The van der Waals surface area contributed by atoms with Crippen molar-refractivity contribution in [3.05, 3.63) is 10.4 Å². The fourth-order valence-corrected chi connectivity index (χ4v) is 0.330. The predicted octanol–water partition coefficient (Wildman–Crippen LogP) is 1.26. The number of alkyl halides is 1. The maximum atomic E-state index is 10.3. The van der Waals surface area contributed by atoms with Crippen molar-refractivity contribution in [3.8, 4) is 0 Å². The summed E-state index contributed by atoms with van der Waals surface area (Å²) < 4.78 is 0. The van der Waals surface area contributed by atoms with Gasteiger partial charge in [0.05, 0.1) is 11.9 Å². The first-order chi connectivity index (χ1) is 3.81. The Kier molecular flexibility index (Phi) is 4.30. The highest BCUT2D eigenvalue weighted by molar-refractivity contribution is 9.09. The molecule has 0 aromatic rings. The van der Waals surface area contributed by atoms with Crippen molar-refractivity contribution in [2.75, 3.05) is 11.9 Å². The van der Waals surface area contributed by atoms with E-state index in [2.05, 4.69) is 26.0 Å². The molecule has 0 spiro atoms. The lowest BCUT2D eigenvalue weighted by Gasteiger charge is -1.81. The van der Waals surface area contributed by atoms with Crippen LogP contribution in [-0.2, 0) is 4.79 Å². The third-order valence-corrected chi connectivity index (χ3v) is 1.08. The average Bonchev–Trinajstić information content (AvgIpc) is 1.83. The van der Waals surface area contributed by atoms with Gasteiger partial charge in [-0.25, -0.2) is 0 Å². The summed E-state index contributed by atoms with van der Waals surface area (Å²) >= 11 is 2.91. The Bertz CT molecular complexity index is 128. The number of nitrogens with zero attached hydrogens (tertiary/aromatic N) is 3. The second-order valence-electron chi connectivity index (χ2n) is 1.06. The van der Waals surface area contributed by atoms with E-state index in [0.29, 0.717) is 0 Å². The van der Waals surface area contributed by atoms with Gasteiger partial charge in [-0.15, -0.1) is 0 Å². The molecule has 0 radical (unpaired) electrons. The standard InChI is InChI=1S/C3H4BrN3O/c4-1-3(8)2-6-7-5/h1-2H2. The Morgan fingerprint density at radius 2 is 2.50 bits per heavy atom. The van der Waals surface area contributed by atoms with Gasteiger partial charge in [-0.2, -0.15) is 0 Å². The molecule has 0 fully saturated rings. The van der Waals surface area contributed by atoms with Gasteiger partial charge in [0.2, 0.25) is 0 Å².